The van der Waals surface area contributed by atoms with Crippen LogP contribution >= 0.6 is 0 Å². The summed E-state index contributed by atoms with van der Waals surface area (Å²) in [6, 6.07) is 23.6. The Balaban J connectivity index is 0.000000236. The summed E-state index contributed by atoms with van der Waals surface area (Å²) in [5.41, 5.74) is 2.17. The first-order valence-electron chi connectivity index (χ1n) is 12.7. The quantitative estimate of drug-likeness (QED) is 0.123. The molecule has 0 aliphatic carbocycles. The molecule has 0 fully saturated rings. The van der Waals surface area contributed by atoms with Crippen LogP contribution in [0.3, 0.4) is 0 Å². The van der Waals surface area contributed by atoms with E-state index in [1.54, 1.807) is 13.8 Å². The van der Waals surface area contributed by atoms with Crippen LogP contribution in [0.1, 0.15) is 43.0 Å². The average Bonchev–Trinajstić information content (AvgIpc) is 2.99. The van der Waals surface area contributed by atoms with Gasteiger partial charge in [0.2, 0.25) is 0 Å². The lowest BCUT2D eigenvalue weighted by molar-refractivity contribution is -0.386. The van der Waals surface area contributed by atoms with E-state index in [-0.39, 0.29) is 47.2 Å². The summed E-state index contributed by atoms with van der Waals surface area (Å²) in [5, 5.41) is 31.2. The van der Waals surface area contributed by atoms with Gasteiger partial charge >= 0.3 is 23.3 Å². The summed E-state index contributed by atoms with van der Waals surface area (Å²) < 4.78 is 15.6. The van der Waals surface area contributed by atoms with Crippen LogP contribution in [0.5, 0.6) is 11.5 Å². The van der Waals surface area contributed by atoms with Crippen LogP contribution in [0.4, 0.5) is 11.4 Å². The smallest absolute Gasteiger partial charge is 0.338 e. The molecule has 43 heavy (non-hydrogen) atoms. The zero-order valence-electron chi connectivity index (χ0n) is 23.5. The third-order valence-electron chi connectivity index (χ3n) is 6.12. The monoisotopic (exact) mass is 588 g/mol. The zero-order valence-corrected chi connectivity index (χ0v) is 23.5. The van der Waals surface area contributed by atoms with Crippen molar-refractivity contribution >= 4 is 23.3 Å². The number of benzene rings is 4. The number of ether oxygens (including phenoxy) is 3. The van der Waals surface area contributed by atoms with E-state index in [1.165, 1.54) is 25.3 Å². The van der Waals surface area contributed by atoms with E-state index < -0.39 is 21.8 Å². The lowest BCUT2D eigenvalue weighted by Crippen LogP contribution is -2.07. The Labute approximate surface area is 246 Å². The fourth-order valence-electron chi connectivity index (χ4n) is 3.89. The lowest BCUT2D eigenvalue weighted by Gasteiger charge is -2.10. The SMILES string of the molecule is COC(=O)c1cc([N+](=O)[O-])c(OCc2ccccc2)cc1C.Cc1cc(OCc2ccccc2)c([N+](=O)[O-])cc1C(=O)O. The number of hydrogen-bond donors (Lipinski definition) is 1. The van der Waals surface area contributed by atoms with Crippen LogP contribution < -0.4 is 9.47 Å². The van der Waals surface area contributed by atoms with Crippen molar-refractivity contribution in [1.82, 2.24) is 0 Å². The second-order valence-electron chi connectivity index (χ2n) is 9.13. The van der Waals surface area contributed by atoms with Crippen LogP contribution in [-0.2, 0) is 18.0 Å². The van der Waals surface area contributed by atoms with Crippen molar-refractivity contribution in [2.24, 2.45) is 0 Å². The van der Waals surface area contributed by atoms with Gasteiger partial charge < -0.3 is 19.3 Å². The van der Waals surface area contributed by atoms with E-state index in [0.29, 0.717) is 11.1 Å². The first-order chi connectivity index (χ1) is 20.5. The van der Waals surface area contributed by atoms with E-state index >= 15 is 0 Å². The van der Waals surface area contributed by atoms with Gasteiger partial charge in [-0.05, 0) is 48.2 Å². The molecule has 4 aromatic rings. The molecule has 222 valence electrons. The number of methoxy groups -OCH3 is 1. The van der Waals surface area contributed by atoms with E-state index in [9.17, 15) is 29.8 Å². The molecule has 0 heterocycles. The summed E-state index contributed by atoms with van der Waals surface area (Å²) in [6.45, 7) is 3.63. The molecule has 0 atom stereocenters. The summed E-state index contributed by atoms with van der Waals surface area (Å²) in [5.74, 6) is -1.63. The molecule has 0 amide bonds. The molecule has 12 heteroatoms. The summed E-state index contributed by atoms with van der Waals surface area (Å²) >= 11 is 0. The molecule has 0 spiro atoms. The van der Waals surface area contributed by atoms with Crippen LogP contribution in [0.2, 0.25) is 0 Å². The molecule has 0 aliphatic rings. The molecule has 4 rings (SSSR count). The molecule has 0 saturated carbocycles. The fraction of sp³-hybridized carbons (Fsp3) is 0.161. The molecule has 4 aromatic carbocycles. The van der Waals surface area contributed by atoms with Crippen molar-refractivity contribution in [3.05, 3.63) is 139 Å². The van der Waals surface area contributed by atoms with Crippen molar-refractivity contribution in [1.29, 1.82) is 0 Å². The minimum absolute atomic E-state index is 0.0614. The van der Waals surface area contributed by atoms with Gasteiger partial charge in [0.1, 0.15) is 13.2 Å². The minimum Gasteiger partial charge on any atom is -0.482 e. The van der Waals surface area contributed by atoms with E-state index in [4.69, 9.17) is 14.6 Å². The summed E-state index contributed by atoms with van der Waals surface area (Å²) in [7, 11) is 1.23. The van der Waals surface area contributed by atoms with Gasteiger partial charge in [-0.25, -0.2) is 9.59 Å². The highest BCUT2D eigenvalue weighted by molar-refractivity contribution is 5.92. The molecule has 0 aromatic heterocycles. The van der Waals surface area contributed by atoms with E-state index in [2.05, 4.69) is 4.74 Å². The highest BCUT2D eigenvalue weighted by Crippen LogP contribution is 2.32. The molecule has 0 bridgehead atoms. The third-order valence-corrected chi connectivity index (χ3v) is 6.12. The van der Waals surface area contributed by atoms with Crippen molar-refractivity contribution in [3.63, 3.8) is 0 Å². The van der Waals surface area contributed by atoms with Gasteiger partial charge in [-0.1, -0.05) is 60.7 Å². The molecular formula is C31H28N2O10. The topological polar surface area (TPSA) is 168 Å². The Morgan fingerprint density at radius 3 is 1.47 bits per heavy atom. The number of esters is 1. The van der Waals surface area contributed by atoms with Gasteiger partial charge in [-0.3, -0.25) is 20.2 Å². The third kappa shape index (κ3) is 8.60. The Kier molecular flexibility index (Phi) is 10.9. The van der Waals surface area contributed by atoms with Gasteiger partial charge in [-0.2, -0.15) is 0 Å². The normalized spacial score (nSPS) is 10.1. The van der Waals surface area contributed by atoms with Gasteiger partial charge in [0.05, 0.1) is 28.1 Å². The predicted octanol–water partition coefficient (Wildman–Crippen LogP) is 6.45. The number of nitro groups is 2. The van der Waals surface area contributed by atoms with Crippen molar-refractivity contribution in [3.8, 4) is 11.5 Å². The fourth-order valence-corrected chi connectivity index (χ4v) is 3.89. The maximum absolute atomic E-state index is 11.6. The summed E-state index contributed by atoms with van der Waals surface area (Å²) in [6.07, 6.45) is 0. The second kappa shape index (κ2) is 14.7. The zero-order chi connectivity index (χ0) is 31.5. The van der Waals surface area contributed by atoms with Crippen molar-refractivity contribution < 1.29 is 38.8 Å². The number of carboxylic acid groups (broad SMARTS) is 1. The largest absolute Gasteiger partial charge is 0.482 e. The average molecular weight is 589 g/mol. The summed E-state index contributed by atoms with van der Waals surface area (Å²) in [4.78, 5) is 43.6. The minimum atomic E-state index is -1.20. The number of carboxylic acids is 1. The Morgan fingerprint density at radius 2 is 1.09 bits per heavy atom. The highest BCUT2D eigenvalue weighted by atomic mass is 16.6. The molecule has 12 nitrogen and oxygen atoms in total. The first kappa shape index (κ1) is 31.7. The van der Waals surface area contributed by atoms with Crippen LogP contribution in [0, 0.1) is 34.1 Å². The maximum Gasteiger partial charge on any atom is 0.338 e. The number of aromatic carboxylic acids is 1. The lowest BCUT2D eigenvalue weighted by atomic mass is 10.1. The molecule has 0 radical (unpaired) electrons. The number of aryl methyl sites for hydroxylation is 2. The number of rotatable bonds is 10. The van der Waals surface area contributed by atoms with E-state index in [1.807, 2.05) is 60.7 Å². The number of nitrogens with zero attached hydrogens (tertiary/aromatic N) is 2. The number of carbonyl (C=O) groups is 2. The van der Waals surface area contributed by atoms with Gasteiger partial charge in [0, 0.05) is 12.1 Å². The second-order valence-corrected chi connectivity index (χ2v) is 9.13. The molecular weight excluding hydrogens is 560 g/mol. The van der Waals surface area contributed by atoms with Crippen molar-refractivity contribution in [2.45, 2.75) is 27.1 Å². The van der Waals surface area contributed by atoms with Gasteiger partial charge in [-0.15, -0.1) is 0 Å². The van der Waals surface area contributed by atoms with Crippen LogP contribution in [0.25, 0.3) is 0 Å². The number of nitro benzene ring substituents is 2. The predicted molar refractivity (Wildman–Crippen MR) is 156 cm³/mol. The Bertz CT molecular complexity index is 1620. The maximum atomic E-state index is 11.6. The van der Waals surface area contributed by atoms with Gasteiger partial charge in [0.25, 0.3) is 0 Å². The Hall–Kier alpha value is -5.78. The van der Waals surface area contributed by atoms with Crippen LogP contribution in [0.15, 0.2) is 84.9 Å². The number of hydrogen-bond acceptors (Lipinski definition) is 9. The Morgan fingerprint density at radius 1 is 0.698 bits per heavy atom. The molecule has 0 saturated heterocycles. The number of carbonyl (C=O) groups excluding carboxylic acids is 1. The van der Waals surface area contributed by atoms with E-state index in [0.717, 1.165) is 17.2 Å². The standard InChI is InChI=1S/C16H15NO5.C15H13NO5/c1-11-8-15(22-10-12-6-4-3-5-7-12)14(17(19)20)9-13(11)16(18)21-2;1-10-7-14(21-9-11-5-3-2-4-6-11)13(16(19)20)8-12(10)15(17)18/h3-9H,10H2,1-2H3;2-8H,9H2,1H3,(H,17,18). The first-order valence-corrected chi connectivity index (χ1v) is 12.7. The van der Waals surface area contributed by atoms with Crippen molar-refractivity contribution in [2.75, 3.05) is 7.11 Å². The van der Waals surface area contributed by atoms with Gasteiger partial charge in [0.15, 0.2) is 11.5 Å². The highest BCUT2D eigenvalue weighted by Gasteiger charge is 2.23. The molecule has 0 aliphatic heterocycles. The van der Waals surface area contributed by atoms with Crippen LogP contribution in [-0.4, -0.2) is 34.0 Å². The molecule has 0 unspecified atom stereocenters. The molecule has 1 N–H and O–H groups in total.